The molecule has 4 rings (SSSR count). The molecule has 0 aliphatic carbocycles. The predicted molar refractivity (Wildman–Crippen MR) is 117 cm³/mol. The van der Waals surface area contributed by atoms with Crippen molar-refractivity contribution in [1.29, 1.82) is 0 Å². The van der Waals surface area contributed by atoms with Gasteiger partial charge in [0.1, 0.15) is 5.82 Å². The molecule has 2 heterocycles. The third-order valence-corrected chi connectivity index (χ3v) is 6.25. The van der Waals surface area contributed by atoms with Crippen molar-refractivity contribution in [1.82, 2.24) is 19.7 Å². The molecule has 0 atom stereocenters. The SMILES string of the molecule is CCn1c(Cc2ccccc2)nnc1SCCCCN1C(=O)c2ccccc2C1=O. The topological polar surface area (TPSA) is 68.1 Å². The monoisotopic (exact) mass is 420 g/mol. The molecule has 1 aliphatic heterocycles. The lowest BCUT2D eigenvalue weighted by Crippen LogP contribution is -2.30. The summed E-state index contributed by atoms with van der Waals surface area (Å²) < 4.78 is 2.15. The van der Waals surface area contributed by atoms with Crippen molar-refractivity contribution in [3.63, 3.8) is 0 Å². The molecule has 0 spiro atoms. The molecule has 154 valence electrons. The summed E-state index contributed by atoms with van der Waals surface area (Å²) in [4.78, 5) is 26.2. The molecule has 1 aliphatic rings. The molecular weight excluding hydrogens is 396 g/mol. The van der Waals surface area contributed by atoms with Gasteiger partial charge in [-0.15, -0.1) is 10.2 Å². The number of carbonyl (C=O) groups is 2. The molecule has 0 radical (unpaired) electrons. The van der Waals surface area contributed by atoms with Crippen LogP contribution in [0.2, 0.25) is 0 Å². The molecule has 3 aromatic rings. The molecule has 0 bridgehead atoms. The second kappa shape index (κ2) is 9.26. The van der Waals surface area contributed by atoms with Gasteiger partial charge in [0.15, 0.2) is 5.16 Å². The molecule has 7 heteroatoms. The maximum atomic E-state index is 12.4. The number of hydrogen-bond donors (Lipinski definition) is 0. The number of imide groups is 1. The third-order valence-electron chi connectivity index (χ3n) is 5.20. The van der Waals surface area contributed by atoms with E-state index < -0.39 is 0 Å². The smallest absolute Gasteiger partial charge is 0.261 e. The summed E-state index contributed by atoms with van der Waals surface area (Å²) in [6, 6.07) is 17.3. The lowest BCUT2D eigenvalue weighted by molar-refractivity contribution is 0.0652. The fourth-order valence-electron chi connectivity index (χ4n) is 3.63. The lowest BCUT2D eigenvalue weighted by atomic mass is 10.1. The van der Waals surface area contributed by atoms with Crippen LogP contribution in [0.25, 0.3) is 0 Å². The molecule has 0 N–H and O–H groups in total. The average Bonchev–Trinajstić information content (AvgIpc) is 3.27. The van der Waals surface area contributed by atoms with Crippen LogP contribution in [0.4, 0.5) is 0 Å². The number of benzene rings is 2. The normalized spacial score (nSPS) is 13.2. The summed E-state index contributed by atoms with van der Waals surface area (Å²) in [6.45, 7) is 3.38. The van der Waals surface area contributed by atoms with Crippen molar-refractivity contribution >= 4 is 23.6 Å². The molecule has 30 heavy (non-hydrogen) atoms. The number of nitrogens with zero attached hydrogens (tertiary/aromatic N) is 4. The highest BCUT2D eigenvalue weighted by Crippen LogP contribution is 2.24. The molecule has 2 amide bonds. The molecule has 0 fully saturated rings. The third kappa shape index (κ3) is 4.16. The van der Waals surface area contributed by atoms with Crippen LogP contribution in [0.5, 0.6) is 0 Å². The van der Waals surface area contributed by atoms with Gasteiger partial charge < -0.3 is 4.57 Å². The summed E-state index contributed by atoms with van der Waals surface area (Å²) in [5, 5.41) is 9.67. The van der Waals surface area contributed by atoms with Gasteiger partial charge in [0, 0.05) is 25.3 Å². The van der Waals surface area contributed by atoms with Gasteiger partial charge in [-0.25, -0.2) is 0 Å². The van der Waals surface area contributed by atoms with Gasteiger partial charge >= 0.3 is 0 Å². The van der Waals surface area contributed by atoms with Crippen molar-refractivity contribution in [3.8, 4) is 0 Å². The Balaban J connectivity index is 1.27. The quantitative estimate of drug-likeness (QED) is 0.297. The van der Waals surface area contributed by atoms with Crippen LogP contribution in [-0.2, 0) is 13.0 Å². The van der Waals surface area contributed by atoms with Crippen LogP contribution in [-0.4, -0.2) is 43.8 Å². The van der Waals surface area contributed by atoms with Gasteiger partial charge in [0.05, 0.1) is 11.1 Å². The van der Waals surface area contributed by atoms with Crippen molar-refractivity contribution in [3.05, 3.63) is 77.1 Å². The van der Waals surface area contributed by atoms with E-state index in [4.69, 9.17) is 0 Å². The Hall–Kier alpha value is -2.93. The maximum absolute atomic E-state index is 12.4. The zero-order chi connectivity index (χ0) is 20.9. The first-order valence-corrected chi connectivity index (χ1v) is 11.2. The fourth-order valence-corrected chi connectivity index (χ4v) is 4.65. The summed E-state index contributed by atoms with van der Waals surface area (Å²) in [5.41, 5.74) is 2.25. The zero-order valence-electron chi connectivity index (χ0n) is 17.0. The Morgan fingerprint density at radius 1 is 0.867 bits per heavy atom. The van der Waals surface area contributed by atoms with Crippen LogP contribution in [0.1, 0.15) is 51.9 Å². The molecule has 1 aromatic heterocycles. The molecule has 2 aromatic carbocycles. The van der Waals surface area contributed by atoms with Crippen molar-refractivity contribution in [2.75, 3.05) is 12.3 Å². The summed E-state index contributed by atoms with van der Waals surface area (Å²) >= 11 is 1.68. The number of thioether (sulfide) groups is 1. The number of amides is 2. The Morgan fingerprint density at radius 2 is 1.53 bits per heavy atom. The van der Waals surface area contributed by atoms with Crippen LogP contribution in [0.3, 0.4) is 0 Å². The molecule has 6 nitrogen and oxygen atoms in total. The number of fused-ring (bicyclic) bond motifs is 1. The van der Waals surface area contributed by atoms with Gasteiger partial charge in [0.25, 0.3) is 11.8 Å². The van der Waals surface area contributed by atoms with E-state index in [0.717, 1.165) is 42.5 Å². The van der Waals surface area contributed by atoms with E-state index in [0.29, 0.717) is 17.7 Å². The van der Waals surface area contributed by atoms with Crippen LogP contribution in [0, 0.1) is 0 Å². The van der Waals surface area contributed by atoms with Gasteiger partial charge in [0.2, 0.25) is 0 Å². The van der Waals surface area contributed by atoms with E-state index in [1.54, 1.807) is 36.0 Å². The number of rotatable bonds is 9. The number of hydrogen-bond acceptors (Lipinski definition) is 5. The highest BCUT2D eigenvalue weighted by Gasteiger charge is 2.34. The number of unbranched alkanes of at least 4 members (excludes halogenated alkanes) is 1. The molecule has 0 unspecified atom stereocenters. The van der Waals surface area contributed by atoms with E-state index in [2.05, 4.69) is 33.8 Å². The van der Waals surface area contributed by atoms with E-state index in [1.807, 2.05) is 18.2 Å². The van der Waals surface area contributed by atoms with Crippen molar-refractivity contribution in [2.45, 2.75) is 37.9 Å². The first-order valence-electron chi connectivity index (χ1n) is 10.2. The van der Waals surface area contributed by atoms with E-state index in [1.165, 1.54) is 10.5 Å². The minimum Gasteiger partial charge on any atom is -0.306 e. The van der Waals surface area contributed by atoms with Crippen molar-refractivity contribution < 1.29 is 9.59 Å². The largest absolute Gasteiger partial charge is 0.306 e. The second-order valence-electron chi connectivity index (χ2n) is 7.17. The van der Waals surface area contributed by atoms with E-state index >= 15 is 0 Å². The zero-order valence-corrected chi connectivity index (χ0v) is 17.8. The van der Waals surface area contributed by atoms with Gasteiger partial charge in [-0.2, -0.15) is 0 Å². The Kier molecular flexibility index (Phi) is 6.28. The summed E-state index contributed by atoms with van der Waals surface area (Å²) in [6.07, 6.45) is 2.43. The first kappa shape index (κ1) is 20.3. The summed E-state index contributed by atoms with van der Waals surface area (Å²) in [7, 11) is 0. The van der Waals surface area contributed by atoms with Gasteiger partial charge in [-0.3, -0.25) is 14.5 Å². The predicted octanol–water partition coefficient (Wildman–Crippen LogP) is 4.06. The minimum atomic E-state index is -0.181. The molecule has 0 saturated carbocycles. The minimum absolute atomic E-state index is 0.181. The Bertz CT molecular complexity index is 1010. The standard InChI is InChI=1S/C23H24N4O2S/c1-2-26-20(16-17-10-4-3-5-11-17)24-25-23(26)30-15-9-8-14-27-21(28)18-12-6-7-13-19(18)22(27)29/h3-7,10-13H,2,8-9,14-16H2,1H3. The summed E-state index contributed by atoms with van der Waals surface area (Å²) in [5.74, 6) is 1.48. The van der Waals surface area contributed by atoms with Crippen molar-refractivity contribution in [2.24, 2.45) is 0 Å². The van der Waals surface area contributed by atoms with Crippen LogP contribution < -0.4 is 0 Å². The maximum Gasteiger partial charge on any atom is 0.261 e. The fraction of sp³-hybridized carbons (Fsp3) is 0.304. The van der Waals surface area contributed by atoms with E-state index in [-0.39, 0.29) is 11.8 Å². The lowest BCUT2D eigenvalue weighted by Gasteiger charge is -2.13. The van der Waals surface area contributed by atoms with E-state index in [9.17, 15) is 9.59 Å². The number of carbonyl (C=O) groups excluding carboxylic acids is 2. The number of aromatic nitrogens is 3. The first-order chi connectivity index (χ1) is 14.7. The average molecular weight is 421 g/mol. The Morgan fingerprint density at radius 3 is 2.20 bits per heavy atom. The van der Waals surface area contributed by atoms with Crippen LogP contribution in [0.15, 0.2) is 59.8 Å². The second-order valence-corrected chi connectivity index (χ2v) is 8.23. The molecular formula is C23H24N4O2S. The Labute approximate surface area is 180 Å². The van der Waals surface area contributed by atoms with Gasteiger partial charge in [-0.05, 0) is 37.5 Å². The molecule has 0 saturated heterocycles. The van der Waals surface area contributed by atoms with Crippen LogP contribution >= 0.6 is 11.8 Å². The highest BCUT2D eigenvalue weighted by atomic mass is 32.2. The highest BCUT2D eigenvalue weighted by molar-refractivity contribution is 7.99. The van der Waals surface area contributed by atoms with Gasteiger partial charge in [-0.1, -0.05) is 54.2 Å².